The molecule has 9 heteroatoms. The average Bonchev–Trinajstić information content (AvgIpc) is 3.20. The van der Waals surface area contributed by atoms with Gasteiger partial charge in [0.1, 0.15) is 29.2 Å². The molecule has 0 aliphatic carbocycles. The van der Waals surface area contributed by atoms with E-state index in [-0.39, 0.29) is 30.3 Å². The molecule has 33 heavy (non-hydrogen) atoms. The molecule has 0 spiro atoms. The molecule has 1 amide bonds. The lowest BCUT2D eigenvalue weighted by Gasteiger charge is -2.11. The van der Waals surface area contributed by atoms with Crippen molar-refractivity contribution in [2.24, 2.45) is 0 Å². The summed E-state index contributed by atoms with van der Waals surface area (Å²) < 4.78 is 25.9. The van der Waals surface area contributed by atoms with E-state index in [9.17, 15) is 14.0 Å². The first-order valence-electron chi connectivity index (χ1n) is 10.1. The minimum Gasteiger partial charge on any atom is -0.448 e. The Morgan fingerprint density at radius 3 is 2.85 bits per heavy atom. The van der Waals surface area contributed by atoms with Crippen LogP contribution in [0.25, 0.3) is 22.1 Å². The van der Waals surface area contributed by atoms with Gasteiger partial charge in [0, 0.05) is 29.8 Å². The monoisotopic (exact) mass is 444 g/mol. The molecule has 1 N–H and O–H groups in total. The number of ether oxygens (including phenoxy) is 1. The highest BCUT2D eigenvalue weighted by Gasteiger charge is 2.15. The van der Waals surface area contributed by atoms with Crippen LogP contribution in [0.5, 0.6) is 11.6 Å². The van der Waals surface area contributed by atoms with Crippen molar-refractivity contribution >= 4 is 28.0 Å². The molecule has 0 saturated heterocycles. The highest BCUT2D eigenvalue weighted by atomic mass is 19.1. The molecule has 0 aliphatic rings. The number of halogens is 1. The largest absolute Gasteiger partial charge is 0.448 e. The van der Waals surface area contributed by atoms with E-state index in [0.717, 1.165) is 5.39 Å². The maximum absolute atomic E-state index is 13.4. The predicted octanol–water partition coefficient (Wildman–Crippen LogP) is 3.79. The number of pyridine rings is 1. The summed E-state index contributed by atoms with van der Waals surface area (Å²) in [5, 5.41) is 3.48. The third kappa shape index (κ3) is 4.16. The first-order valence-corrected chi connectivity index (χ1v) is 10.1. The molecule has 0 unspecified atom stereocenters. The maximum atomic E-state index is 13.4. The Balaban J connectivity index is 1.30. The lowest BCUT2D eigenvalue weighted by Crippen LogP contribution is -2.32. The summed E-state index contributed by atoms with van der Waals surface area (Å²) in [7, 11) is 0. The lowest BCUT2D eigenvalue weighted by molar-refractivity contribution is -0.121. The van der Waals surface area contributed by atoms with Gasteiger partial charge in [-0.25, -0.2) is 14.4 Å². The number of carbonyl (C=O) groups excluding carboxylic acids is 1. The number of amides is 1. The number of hydrogen-bond donors (Lipinski definition) is 1. The van der Waals surface area contributed by atoms with Crippen LogP contribution < -0.4 is 15.6 Å². The third-order valence-electron chi connectivity index (χ3n) is 5.00. The summed E-state index contributed by atoms with van der Waals surface area (Å²) >= 11 is 0. The van der Waals surface area contributed by atoms with Gasteiger partial charge in [-0.3, -0.25) is 14.2 Å². The van der Waals surface area contributed by atoms with E-state index in [1.54, 1.807) is 30.3 Å². The molecule has 0 saturated carbocycles. The predicted molar refractivity (Wildman–Crippen MR) is 118 cm³/mol. The SMILES string of the molecule is O=C(Cn1cnc2c(oc3ccccc32)c1=O)NCc1cccnc1Oc1cccc(F)c1. The number of aromatic nitrogens is 3. The Hall–Kier alpha value is -4.53. The van der Waals surface area contributed by atoms with E-state index in [2.05, 4.69) is 15.3 Å². The second-order valence-electron chi connectivity index (χ2n) is 7.26. The van der Waals surface area contributed by atoms with Crippen LogP contribution in [0.4, 0.5) is 4.39 Å². The van der Waals surface area contributed by atoms with Gasteiger partial charge in [0.15, 0.2) is 0 Å². The molecular formula is C24H17FN4O4. The molecular weight excluding hydrogens is 427 g/mol. The van der Waals surface area contributed by atoms with Crippen LogP contribution in [0.1, 0.15) is 5.56 Å². The first kappa shape index (κ1) is 20.4. The summed E-state index contributed by atoms with van der Waals surface area (Å²) in [4.78, 5) is 33.8. The normalized spacial score (nSPS) is 11.1. The van der Waals surface area contributed by atoms with Crippen molar-refractivity contribution < 1.29 is 18.3 Å². The van der Waals surface area contributed by atoms with Crippen molar-refractivity contribution in [2.75, 3.05) is 0 Å². The zero-order valence-electron chi connectivity index (χ0n) is 17.2. The van der Waals surface area contributed by atoms with Crippen LogP contribution in [0.2, 0.25) is 0 Å². The van der Waals surface area contributed by atoms with Gasteiger partial charge < -0.3 is 14.5 Å². The molecule has 3 heterocycles. The van der Waals surface area contributed by atoms with Crippen molar-refractivity contribution in [3.8, 4) is 11.6 Å². The second kappa shape index (κ2) is 8.54. The van der Waals surface area contributed by atoms with Gasteiger partial charge >= 0.3 is 0 Å². The molecule has 0 fully saturated rings. The van der Waals surface area contributed by atoms with Gasteiger partial charge in [-0.15, -0.1) is 0 Å². The van der Waals surface area contributed by atoms with E-state index in [0.29, 0.717) is 16.7 Å². The molecule has 0 radical (unpaired) electrons. The molecule has 5 aromatic rings. The number of carbonyl (C=O) groups is 1. The zero-order valence-corrected chi connectivity index (χ0v) is 17.2. The van der Waals surface area contributed by atoms with Crippen LogP contribution in [0.15, 0.2) is 82.4 Å². The molecule has 164 valence electrons. The third-order valence-corrected chi connectivity index (χ3v) is 5.00. The summed E-state index contributed by atoms with van der Waals surface area (Å²) in [5.41, 5.74) is 1.27. The van der Waals surface area contributed by atoms with Crippen LogP contribution in [0.3, 0.4) is 0 Å². The number of fused-ring (bicyclic) bond motifs is 3. The Morgan fingerprint density at radius 2 is 1.97 bits per heavy atom. The molecule has 5 rings (SSSR count). The minimum atomic E-state index is -0.442. The second-order valence-corrected chi connectivity index (χ2v) is 7.26. The van der Waals surface area contributed by atoms with Crippen molar-refractivity contribution in [3.05, 3.63) is 94.9 Å². The highest BCUT2D eigenvalue weighted by molar-refractivity contribution is 6.01. The van der Waals surface area contributed by atoms with Gasteiger partial charge in [0.05, 0.1) is 6.33 Å². The molecule has 3 aromatic heterocycles. The number of furan rings is 1. The fourth-order valence-corrected chi connectivity index (χ4v) is 3.43. The maximum Gasteiger partial charge on any atom is 0.297 e. The minimum absolute atomic E-state index is 0.101. The smallest absolute Gasteiger partial charge is 0.297 e. The molecule has 0 atom stereocenters. The Kier molecular flexibility index (Phi) is 5.27. The standard InChI is InChI=1S/C24H17FN4O4/c25-16-6-3-7-17(11-16)32-23-15(5-4-10-26-23)12-27-20(30)13-29-14-28-21-18-8-1-2-9-19(18)33-22(21)24(29)31/h1-11,14H,12-13H2,(H,27,30). The van der Waals surface area contributed by atoms with Crippen molar-refractivity contribution in [1.29, 1.82) is 0 Å². The number of nitrogens with zero attached hydrogens (tertiary/aromatic N) is 3. The van der Waals surface area contributed by atoms with Crippen LogP contribution >= 0.6 is 0 Å². The van der Waals surface area contributed by atoms with Crippen molar-refractivity contribution in [1.82, 2.24) is 19.9 Å². The summed E-state index contributed by atoms with van der Waals surface area (Å²) in [6, 6.07) is 16.3. The Labute approximate surface area is 186 Å². The van der Waals surface area contributed by atoms with E-state index in [1.807, 2.05) is 12.1 Å². The number of rotatable bonds is 6. The van der Waals surface area contributed by atoms with Crippen LogP contribution in [0, 0.1) is 5.82 Å². The highest BCUT2D eigenvalue weighted by Crippen LogP contribution is 2.25. The topological polar surface area (TPSA) is 99.2 Å². The van der Waals surface area contributed by atoms with Crippen LogP contribution in [-0.2, 0) is 17.9 Å². The van der Waals surface area contributed by atoms with E-state index < -0.39 is 17.3 Å². The number of hydrogen-bond acceptors (Lipinski definition) is 6. The zero-order chi connectivity index (χ0) is 22.8. The fourth-order valence-electron chi connectivity index (χ4n) is 3.43. The van der Waals surface area contributed by atoms with Crippen molar-refractivity contribution in [3.63, 3.8) is 0 Å². The van der Waals surface area contributed by atoms with E-state index in [4.69, 9.17) is 9.15 Å². The summed E-state index contributed by atoms with van der Waals surface area (Å²) in [5.74, 6) is -0.308. The number of nitrogens with one attached hydrogen (secondary N) is 1. The van der Waals surface area contributed by atoms with Crippen LogP contribution in [-0.4, -0.2) is 20.4 Å². The van der Waals surface area contributed by atoms with Gasteiger partial charge in [-0.1, -0.05) is 24.3 Å². The van der Waals surface area contributed by atoms with Gasteiger partial charge in [0.25, 0.3) is 5.56 Å². The van der Waals surface area contributed by atoms with E-state index >= 15 is 0 Å². The quantitative estimate of drug-likeness (QED) is 0.428. The summed E-state index contributed by atoms with van der Waals surface area (Å²) in [6.07, 6.45) is 2.86. The van der Waals surface area contributed by atoms with Gasteiger partial charge in [-0.2, -0.15) is 0 Å². The Bertz CT molecular complexity index is 1540. The number of benzene rings is 2. The lowest BCUT2D eigenvalue weighted by atomic mass is 10.2. The molecule has 0 bridgehead atoms. The molecule has 8 nitrogen and oxygen atoms in total. The molecule has 2 aromatic carbocycles. The average molecular weight is 444 g/mol. The number of para-hydroxylation sites is 1. The molecule has 0 aliphatic heterocycles. The Morgan fingerprint density at radius 1 is 1.09 bits per heavy atom. The van der Waals surface area contributed by atoms with Gasteiger partial charge in [-0.05, 0) is 30.3 Å². The van der Waals surface area contributed by atoms with E-state index in [1.165, 1.54) is 35.3 Å². The first-order chi connectivity index (χ1) is 16.1. The van der Waals surface area contributed by atoms with Gasteiger partial charge in [0.2, 0.25) is 17.4 Å². The fraction of sp³-hybridized carbons (Fsp3) is 0.0833. The van der Waals surface area contributed by atoms with Crippen molar-refractivity contribution in [2.45, 2.75) is 13.1 Å². The summed E-state index contributed by atoms with van der Waals surface area (Å²) in [6.45, 7) is -0.133.